The molecule has 1 atom stereocenters. The number of aliphatic carboxylic acids is 1. The van der Waals surface area contributed by atoms with Crippen LogP contribution in [0, 0.1) is 5.41 Å². The molecule has 6 heteroatoms. The monoisotopic (exact) mass is 230 g/mol. The highest BCUT2D eigenvalue weighted by Gasteiger charge is 2.29. The maximum atomic E-state index is 11.6. The fourth-order valence-corrected chi connectivity index (χ4v) is 1.24. The van der Waals surface area contributed by atoms with Gasteiger partial charge in [-0.2, -0.15) is 0 Å². The second-order valence-corrected chi connectivity index (χ2v) is 4.49. The predicted octanol–water partition coefficient (Wildman–Crippen LogP) is -0.798. The topological polar surface area (TPSA) is 87.7 Å². The summed E-state index contributed by atoms with van der Waals surface area (Å²) in [5, 5.41) is 14.5. The van der Waals surface area contributed by atoms with Crippen LogP contribution in [-0.2, 0) is 14.3 Å². The van der Waals surface area contributed by atoms with Gasteiger partial charge >= 0.3 is 5.97 Å². The Morgan fingerprint density at radius 2 is 2.25 bits per heavy atom. The van der Waals surface area contributed by atoms with Gasteiger partial charge in [-0.05, 0) is 13.8 Å². The summed E-state index contributed by atoms with van der Waals surface area (Å²) in [6.45, 7) is 4.82. The van der Waals surface area contributed by atoms with Crippen LogP contribution in [0.3, 0.4) is 0 Å². The smallest absolute Gasteiger partial charge is 0.310 e. The number of hydrogen-bond donors (Lipinski definition) is 3. The van der Waals surface area contributed by atoms with Crippen LogP contribution in [-0.4, -0.2) is 49.3 Å². The van der Waals surface area contributed by atoms with E-state index in [4.69, 9.17) is 9.84 Å². The number of carboxylic acids is 1. The Bertz CT molecular complexity index is 272. The number of carbonyl (C=O) groups excluding carboxylic acids is 1. The molecule has 0 spiro atoms. The number of ether oxygens (including phenoxy) is 1. The van der Waals surface area contributed by atoms with Crippen LogP contribution in [0.4, 0.5) is 0 Å². The molecule has 3 N–H and O–H groups in total. The Morgan fingerprint density at radius 1 is 1.56 bits per heavy atom. The Labute approximate surface area is 94.3 Å². The summed E-state index contributed by atoms with van der Waals surface area (Å²) in [4.78, 5) is 22.4. The number of carboxylic acid groups (broad SMARTS) is 1. The fourth-order valence-electron chi connectivity index (χ4n) is 1.24. The van der Waals surface area contributed by atoms with E-state index in [9.17, 15) is 9.59 Å². The van der Waals surface area contributed by atoms with Crippen LogP contribution in [0.5, 0.6) is 0 Å². The highest BCUT2D eigenvalue weighted by Crippen LogP contribution is 2.13. The van der Waals surface area contributed by atoms with E-state index in [0.29, 0.717) is 19.8 Å². The van der Waals surface area contributed by atoms with Crippen LogP contribution in [0.15, 0.2) is 0 Å². The van der Waals surface area contributed by atoms with E-state index in [2.05, 4.69) is 10.6 Å². The zero-order chi connectivity index (χ0) is 12.2. The molecule has 1 rings (SSSR count). The molecule has 6 nitrogen and oxygen atoms in total. The molecule has 16 heavy (non-hydrogen) atoms. The summed E-state index contributed by atoms with van der Waals surface area (Å²) >= 11 is 0. The lowest BCUT2D eigenvalue weighted by Crippen LogP contribution is -2.53. The van der Waals surface area contributed by atoms with Crippen molar-refractivity contribution >= 4 is 11.9 Å². The van der Waals surface area contributed by atoms with Gasteiger partial charge in [0.25, 0.3) is 0 Å². The number of rotatable bonds is 4. The van der Waals surface area contributed by atoms with Crippen LogP contribution < -0.4 is 10.6 Å². The van der Waals surface area contributed by atoms with Gasteiger partial charge in [-0.3, -0.25) is 9.59 Å². The van der Waals surface area contributed by atoms with Gasteiger partial charge in [0.2, 0.25) is 5.91 Å². The van der Waals surface area contributed by atoms with Crippen LogP contribution in [0.1, 0.15) is 13.8 Å². The number of nitrogens with one attached hydrogen (secondary N) is 2. The molecule has 0 aromatic rings. The molecule has 0 saturated carbocycles. The zero-order valence-corrected chi connectivity index (χ0v) is 9.58. The highest BCUT2D eigenvalue weighted by molar-refractivity contribution is 5.83. The maximum absolute atomic E-state index is 11.6. The number of carbonyl (C=O) groups is 2. The van der Waals surface area contributed by atoms with E-state index in [1.165, 1.54) is 0 Å². The molecule has 0 aromatic heterocycles. The normalized spacial score (nSPS) is 21.5. The van der Waals surface area contributed by atoms with Gasteiger partial charge < -0.3 is 20.5 Å². The van der Waals surface area contributed by atoms with Crippen LogP contribution in [0.25, 0.3) is 0 Å². The van der Waals surface area contributed by atoms with E-state index < -0.39 is 11.4 Å². The lowest BCUT2D eigenvalue weighted by Gasteiger charge is -2.25. The molecular weight excluding hydrogens is 212 g/mol. The summed E-state index contributed by atoms with van der Waals surface area (Å²) in [7, 11) is 0. The lowest BCUT2D eigenvalue weighted by atomic mass is 9.94. The third-order valence-corrected chi connectivity index (χ3v) is 2.52. The number of amides is 1. The molecule has 1 aliphatic rings. The molecule has 0 aliphatic carbocycles. The SMILES string of the molecule is CC(C)(CNC(=O)C1COCCN1)C(=O)O. The molecule has 0 aromatic carbocycles. The standard InChI is InChI=1S/C10H18N2O4/c1-10(2,9(14)15)6-12-8(13)7-5-16-4-3-11-7/h7,11H,3-6H2,1-2H3,(H,12,13)(H,14,15). The van der Waals surface area contributed by atoms with E-state index in [0.717, 1.165) is 0 Å². The first kappa shape index (κ1) is 12.9. The summed E-state index contributed by atoms with van der Waals surface area (Å²) in [5.41, 5.74) is -0.953. The van der Waals surface area contributed by atoms with Crippen LogP contribution in [0.2, 0.25) is 0 Å². The van der Waals surface area contributed by atoms with Crippen molar-refractivity contribution in [3.05, 3.63) is 0 Å². The van der Waals surface area contributed by atoms with Gasteiger partial charge in [-0.15, -0.1) is 0 Å². The summed E-state index contributed by atoms with van der Waals surface area (Å²) < 4.78 is 5.14. The van der Waals surface area contributed by atoms with Crippen molar-refractivity contribution in [1.82, 2.24) is 10.6 Å². The molecular formula is C10H18N2O4. The molecule has 1 amide bonds. The average molecular weight is 230 g/mol. The first-order valence-electron chi connectivity index (χ1n) is 5.26. The molecule has 1 heterocycles. The van der Waals surface area contributed by atoms with Crippen molar-refractivity contribution < 1.29 is 19.4 Å². The van der Waals surface area contributed by atoms with Gasteiger partial charge in [-0.25, -0.2) is 0 Å². The summed E-state index contributed by atoms with van der Waals surface area (Å²) in [6.07, 6.45) is 0. The molecule has 1 aliphatic heterocycles. The molecule has 1 unspecified atom stereocenters. The van der Waals surface area contributed by atoms with E-state index in [1.54, 1.807) is 13.8 Å². The second-order valence-electron chi connectivity index (χ2n) is 4.49. The van der Waals surface area contributed by atoms with Gasteiger partial charge in [0.15, 0.2) is 0 Å². The Morgan fingerprint density at radius 3 is 2.75 bits per heavy atom. The molecule has 1 saturated heterocycles. The van der Waals surface area contributed by atoms with Crippen molar-refractivity contribution in [1.29, 1.82) is 0 Å². The van der Waals surface area contributed by atoms with Gasteiger partial charge in [0, 0.05) is 13.1 Å². The maximum Gasteiger partial charge on any atom is 0.310 e. The number of hydrogen-bond acceptors (Lipinski definition) is 4. The first-order chi connectivity index (χ1) is 7.43. The zero-order valence-electron chi connectivity index (χ0n) is 9.58. The number of morpholine rings is 1. The Kier molecular flexibility index (Phi) is 4.26. The Hall–Kier alpha value is -1.14. The lowest BCUT2D eigenvalue weighted by molar-refractivity contribution is -0.146. The minimum absolute atomic E-state index is 0.110. The van der Waals surface area contributed by atoms with Crippen molar-refractivity contribution in [3.63, 3.8) is 0 Å². The minimum Gasteiger partial charge on any atom is -0.481 e. The van der Waals surface area contributed by atoms with Crippen molar-refractivity contribution in [2.24, 2.45) is 5.41 Å². The van der Waals surface area contributed by atoms with Gasteiger partial charge in [-0.1, -0.05) is 0 Å². The quantitative estimate of drug-likeness (QED) is 0.588. The molecule has 0 radical (unpaired) electrons. The van der Waals surface area contributed by atoms with E-state index >= 15 is 0 Å². The summed E-state index contributed by atoms with van der Waals surface area (Å²) in [6, 6.07) is -0.377. The third kappa shape index (κ3) is 3.46. The van der Waals surface area contributed by atoms with Crippen LogP contribution >= 0.6 is 0 Å². The second kappa shape index (κ2) is 5.27. The predicted molar refractivity (Wildman–Crippen MR) is 57.0 cm³/mol. The molecule has 1 fully saturated rings. The first-order valence-corrected chi connectivity index (χ1v) is 5.26. The van der Waals surface area contributed by atoms with Gasteiger partial charge in [0.1, 0.15) is 6.04 Å². The highest BCUT2D eigenvalue weighted by atomic mass is 16.5. The van der Waals surface area contributed by atoms with E-state index in [1.807, 2.05) is 0 Å². The third-order valence-electron chi connectivity index (χ3n) is 2.52. The largest absolute Gasteiger partial charge is 0.481 e. The summed E-state index contributed by atoms with van der Waals surface area (Å²) in [5.74, 6) is -1.14. The van der Waals surface area contributed by atoms with Gasteiger partial charge in [0.05, 0.1) is 18.6 Å². The minimum atomic E-state index is -0.953. The molecule has 92 valence electrons. The Balaban J connectivity index is 2.37. The molecule has 0 bridgehead atoms. The van der Waals surface area contributed by atoms with Crippen molar-refractivity contribution in [2.45, 2.75) is 19.9 Å². The van der Waals surface area contributed by atoms with E-state index in [-0.39, 0.29) is 18.5 Å². The van der Waals surface area contributed by atoms with Crippen molar-refractivity contribution in [3.8, 4) is 0 Å². The fraction of sp³-hybridized carbons (Fsp3) is 0.800. The average Bonchev–Trinajstić information content (AvgIpc) is 2.27. The van der Waals surface area contributed by atoms with Crippen molar-refractivity contribution in [2.75, 3.05) is 26.3 Å².